The first-order valence-corrected chi connectivity index (χ1v) is 9.05. The molecule has 19 heavy (non-hydrogen) atoms. The Balaban J connectivity index is 4.26. The third-order valence-electron chi connectivity index (χ3n) is 3.46. The van der Waals surface area contributed by atoms with E-state index in [0.717, 1.165) is 19.3 Å². The molecule has 0 aliphatic heterocycles. The minimum absolute atomic E-state index is 0.323. The summed E-state index contributed by atoms with van der Waals surface area (Å²) in [7, 11) is -4.37. The predicted octanol–water partition coefficient (Wildman–Crippen LogP) is 4.51. The Bertz CT molecular complexity index is 262. The quantitative estimate of drug-likeness (QED) is 0.550. The molecule has 4 nitrogen and oxygen atoms in total. The third-order valence-corrected chi connectivity index (χ3v) is 4.03. The van der Waals surface area contributed by atoms with Crippen molar-refractivity contribution < 1.29 is 18.9 Å². The Labute approximate surface area is 118 Å². The van der Waals surface area contributed by atoms with Crippen molar-refractivity contribution in [3.8, 4) is 0 Å². The van der Waals surface area contributed by atoms with Crippen LogP contribution in [0, 0.1) is 11.8 Å². The number of phosphoric acid groups is 1. The van der Waals surface area contributed by atoms with E-state index >= 15 is 0 Å². The molecule has 2 N–H and O–H groups in total. The van der Waals surface area contributed by atoms with Gasteiger partial charge in [-0.15, -0.1) is 0 Å². The van der Waals surface area contributed by atoms with Crippen LogP contribution in [-0.2, 0) is 9.09 Å². The van der Waals surface area contributed by atoms with Crippen LogP contribution in [-0.4, -0.2) is 15.9 Å². The molecule has 0 rings (SSSR count). The van der Waals surface area contributed by atoms with Gasteiger partial charge in [-0.2, -0.15) is 0 Å². The Hall–Kier alpha value is 0.110. The minimum atomic E-state index is -4.37. The zero-order chi connectivity index (χ0) is 14.9. The lowest BCUT2D eigenvalue weighted by Crippen LogP contribution is -2.16. The van der Waals surface area contributed by atoms with Crippen molar-refractivity contribution in [2.24, 2.45) is 11.8 Å². The van der Waals surface area contributed by atoms with Crippen LogP contribution in [0.5, 0.6) is 0 Å². The van der Waals surface area contributed by atoms with Crippen molar-refractivity contribution in [1.82, 2.24) is 0 Å². The van der Waals surface area contributed by atoms with Gasteiger partial charge in [0.05, 0.1) is 6.10 Å². The number of rotatable bonds is 11. The highest BCUT2D eigenvalue weighted by Crippen LogP contribution is 2.40. The molecular weight excluding hydrogens is 263 g/mol. The molecule has 0 heterocycles. The zero-order valence-corrected chi connectivity index (χ0v) is 13.7. The van der Waals surface area contributed by atoms with Crippen LogP contribution >= 0.6 is 7.82 Å². The summed E-state index contributed by atoms with van der Waals surface area (Å²) in [6.45, 7) is 8.46. The van der Waals surface area contributed by atoms with Crippen LogP contribution < -0.4 is 0 Å². The van der Waals surface area contributed by atoms with Gasteiger partial charge in [0, 0.05) is 0 Å². The summed E-state index contributed by atoms with van der Waals surface area (Å²) >= 11 is 0. The standard InChI is InChI=1S/C14H31O4P/c1-5-7-8-13(6-2)9-10-14(11-12(3)4)18-19(15,16)17/h12-14H,5-11H2,1-4H3,(H2,15,16,17). The lowest BCUT2D eigenvalue weighted by molar-refractivity contribution is 0.104. The fourth-order valence-corrected chi connectivity index (χ4v) is 2.98. The highest BCUT2D eigenvalue weighted by atomic mass is 31.2. The normalized spacial score (nSPS) is 15.7. The van der Waals surface area contributed by atoms with E-state index in [1.54, 1.807) is 0 Å². The SMILES string of the molecule is CCCCC(CC)CCC(CC(C)C)OP(=O)(O)O. The average molecular weight is 294 g/mol. The van der Waals surface area contributed by atoms with Gasteiger partial charge in [0.15, 0.2) is 0 Å². The first-order chi connectivity index (χ1) is 8.78. The molecule has 0 aromatic rings. The van der Waals surface area contributed by atoms with Crippen LogP contribution in [0.25, 0.3) is 0 Å². The van der Waals surface area contributed by atoms with Crippen LogP contribution in [0.3, 0.4) is 0 Å². The lowest BCUT2D eigenvalue weighted by atomic mass is 9.91. The number of phosphoric ester groups is 1. The highest BCUT2D eigenvalue weighted by Gasteiger charge is 2.23. The van der Waals surface area contributed by atoms with Gasteiger partial charge >= 0.3 is 7.82 Å². The molecule has 0 fully saturated rings. The van der Waals surface area contributed by atoms with E-state index in [-0.39, 0.29) is 6.10 Å². The summed E-state index contributed by atoms with van der Waals surface area (Å²) in [4.78, 5) is 17.9. The monoisotopic (exact) mass is 294 g/mol. The van der Waals surface area contributed by atoms with Crippen molar-refractivity contribution in [2.45, 2.75) is 78.7 Å². The van der Waals surface area contributed by atoms with Gasteiger partial charge in [0.25, 0.3) is 0 Å². The minimum Gasteiger partial charge on any atom is -0.303 e. The smallest absolute Gasteiger partial charge is 0.303 e. The summed E-state index contributed by atoms with van der Waals surface area (Å²) < 4.78 is 15.9. The van der Waals surface area contributed by atoms with E-state index in [2.05, 4.69) is 13.8 Å². The molecule has 5 heteroatoms. The van der Waals surface area contributed by atoms with Gasteiger partial charge < -0.3 is 9.79 Å². The van der Waals surface area contributed by atoms with Crippen LogP contribution in [0.4, 0.5) is 0 Å². The molecule has 0 saturated heterocycles. The molecule has 0 aromatic heterocycles. The third kappa shape index (κ3) is 11.6. The van der Waals surface area contributed by atoms with E-state index in [9.17, 15) is 4.57 Å². The van der Waals surface area contributed by atoms with Gasteiger partial charge in [-0.3, -0.25) is 4.52 Å². The Morgan fingerprint density at radius 2 is 1.74 bits per heavy atom. The number of hydrogen-bond acceptors (Lipinski definition) is 2. The van der Waals surface area contributed by atoms with Crippen LogP contribution in [0.15, 0.2) is 0 Å². The zero-order valence-electron chi connectivity index (χ0n) is 12.8. The maximum absolute atomic E-state index is 11.0. The van der Waals surface area contributed by atoms with Crippen LogP contribution in [0.2, 0.25) is 0 Å². The Morgan fingerprint density at radius 1 is 1.11 bits per heavy atom. The molecule has 0 radical (unpaired) electrons. The first-order valence-electron chi connectivity index (χ1n) is 7.52. The fraction of sp³-hybridized carbons (Fsp3) is 1.00. The van der Waals surface area contributed by atoms with E-state index in [4.69, 9.17) is 14.3 Å². The molecule has 2 atom stereocenters. The average Bonchev–Trinajstić information content (AvgIpc) is 2.26. The predicted molar refractivity (Wildman–Crippen MR) is 78.9 cm³/mol. The summed E-state index contributed by atoms with van der Waals surface area (Å²) in [6.07, 6.45) is 6.88. The molecule has 0 spiro atoms. The molecule has 0 saturated carbocycles. The molecule has 116 valence electrons. The van der Waals surface area contributed by atoms with Crippen molar-refractivity contribution >= 4 is 7.82 Å². The second kappa shape index (κ2) is 9.93. The van der Waals surface area contributed by atoms with Gasteiger partial charge in [0.2, 0.25) is 0 Å². The van der Waals surface area contributed by atoms with Crippen molar-refractivity contribution in [2.75, 3.05) is 0 Å². The second-order valence-corrected chi connectivity index (χ2v) is 7.03. The van der Waals surface area contributed by atoms with Crippen molar-refractivity contribution in [3.05, 3.63) is 0 Å². The summed E-state index contributed by atoms with van der Waals surface area (Å²) in [5.74, 6) is 1.03. The number of unbranched alkanes of at least 4 members (excludes halogenated alkanes) is 1. The lowest BCUT2D eigenvalue weighted by Gasteiger charge is -2.22. The molecule has 0 bridgehead atoms. The van der Waals surface area contributed by atoms with E-state index < -0.39 is 7.82 Å². The second-order valence-electron chi connectivity index (χ2n) is 5.84. The maximum atomic E-state index is 11.0. The highest BCUT2D eigenvalue weighted by molar-refractivity contribution is 7.46. The van der Waals surface area contributed by atoms with Crippen LogP contribution in [0.1, 0.15) is 72.6 Å². The van der Waals surface area contributed by atoms with Gasteiger partial charge in [-0.1, -0.05) is 53.4 Å². The van der Waals surface area contributed by atoms with E-state index in [0.29, 0.717) is 18.3 Å². The molecular formula is C14H31O4P. The van der Waals surface area contributed by atoms with Crippen molar-refractivity contribution in [1.29, 1.82) is 0 Å². The van der Waals surface area contributed by atoms with Crippen molar-refractivity contribution in [3.63, 3.8) is 0 Å². The molecule has 2 unspecified atom stereocenters. The van der Waals surface area contributed by atoms with E-state index in [1.807, 2.05) is 13.8 Å². The van der Waals surface area contributed by atoms with Gasteiger partial charge in [0.1, 0.15) is 0 Å². The molecule has 0 aliphatic rings. The summed E-state index contributed by atoms with van der Waals surface area (Å²) in [5, 5.41) is 0. The van der Waals surface area contributed by atoms with Gasteiger partial charge in [-0.25, -0.2) is 4.57 Å². The summed E-state index contributed by atoms with van der Waals surface area (Å²) in [6, 6.07) is 0. The molecule has 0 amide bonds. The van der Waals surface area contributed by atoms with E-state index in [1.165, 1.54) is 19.3 Å². The summed E-state index contributed by atoms with van der Waals surface area (Å²) in [5.41, 5.74) is 0. The largest absolute Gasteiger partial charge is 0.469 e. The maximum Gasteiger partial charge on any atom is 0.469 e. The molecule has 0 aliphatic carbocycles. The Morgan fingerprint density at radius 3 is 2.16 bits per heavy atom. The Kier molecular flexibility index (Phi) is 9.98. The van der Waals surface area contributed by atoms with Gasteiger partial charge in [-0.05, 0) is 31.1 Å². The fourth-order valence-electron chi connectivity index (χ4n) is 2.40. The topological polar surface area (TPSA) is 66.8 Å². The number of hydrogen-bond donors (Lipinski definition) is 2. The first kappa shape index (κ1) is 19.1. The molecule has 0 aromatic carbocycles.